The Hall–Kier alpha value is -2.46. The average Bonchev–Trinajstić information content (AvgIpc) is 3.07. The number of carbonyl (C=O) groups excluding carboxylic acids is 2. The van der Waals surface area contributed by atoms with Crippen molar-refractivity contribution < 1.29 is 14.3 Å². The van der Waals surface area contributed by atoms with Crippen LogP contribution in [0.2, 0.25) is 0 Å². The lowest BCUT2D eigenvalue weighted by Crippen LogP contribution is -2.30. The molecular formula is C21H23NO3. The Morgan fingerprint density at radius 2 is 1.56 bits per heavy atom. The van der Waals surface area contributed by atoms with Gasteiger partial charge in [0, 0.05) is 31.1 Å². The van der Waals surface area contributed by atoms with Crippen LogP contribution < -0.4 is 0 Å². The molecule has 0 N–H and O–H groups in total. The largest absolute Gasteiger partial charge is 0.466 e. The molecule has 1 aliphatic heterocycles. The number of hydrogen-bond acceptors (Lipinski definition) is 4. The SMILES string of the molecule is CCOC(=O)[C@@H]1CN(Cc2ccccc2)C[C@@H]1C(=O)c1ccccc1. The zero-order valence-corrected chi connectivity index (χ0v) is 14.4. The molecular weight excluding hydrogens is 314 g/mol. The number of rotatable bonds is 6. The van der Waals surface area contributed by atoms with Gasteiger partial charge in [-0.3, -0.25) is 14.5 Å². The quantitative estimate of drug-likeness (QED) is 0.600. The molecule has 1 saturated heterocycles. The van der Waals surface area contributed by atoms with Crippen molar-refractivity contribution in [1.82, 2.24) is 4.90 Å². The molecule has 4 nitrogen and oxygen atoms in total. The van der Waals surface area contributed by atoms with E-state index in [4.69, 9.17) is 4.74 Å². The van der Waals surface area contributed by atoms with Crippen molar-refractivity contribution in [2.45, 2.75) is 13.5 Å². The van der Waals surface area contributed by atoms with Crippen LogP contribution in [-0.2, 0) is 16.1 Å². The van der Waals surface area contributed by atoms with Crippen LogP contribution in [0.25, 0.3) is 0 Å². The lowest BCUT2D eigenvalue weighted by Gasteiger charge is -2.15. The number of ketones is 1. The number of esters is 1. The fraction of sp³-hybridized carbons (Fsp3) is 0.333. The lowest BCUT2D eigenvalue weighted by atomic mass is 9.88. The monoisotopic (exact) mass is 337 g/mol. The smallest absolute Gasteiger partial charge is 0.311 e. The maximum atomic E-state index is 12.9. The van der Waals surface area contributed by atoms with Crippen LogP contribution in [0.4, 0.5) is 0 Å². The first kappa shape index (κ1) is 17.4. The van der Waals surface area contributed by atoms with Crippen LogP contribution in [0.3, 0.4) is 0 Å². The predicted molar refractivity (Wildman–Crippen MR) is 96.1 cm³/mol. The molecule has 2 atom stereocenters. The molecule has 0 spiro atoms. The minimum atomic E-state index is -0.406. The van der Waals surface area contributed by atoms with Crippen LogP contribution in [0.5, 0.6) is 0 Å². The first-order valence-electron chi connectivity index (χ1n) is 8.71. The van der Waals surface area contributed by atoms with Crippen molar-refractivity contribution in [1.29, 1.82) is 0 Å². The third-order valence-electron chi connectivity index (χ3n) is 4.63. The highest BCUT2D eigenvalue weighted by molar-refractivity contribution is 6.00. The third kappa shape index (κ3) is 4.15. The average molecular weight is 337 g/mol. The maximum absolute atomic E-state index is 12.9. The fourth-order valence-electron chi connectivity index (χ4n) is 3.43. The second-order valence-corrected chi connectivity index (χ2v) is 6.37. The van der Waals surface area contributed by atoms with Crippen LogP contribution in [0.15, 0.2) is 60.7 Å². The van der Waals surface area contributed by atoms with E-state index in [2.05, 4.69) is 17.0 Å². The van der Waals surface area contributed by atoms with Gasteiger partial charge in [-0.1, -0.05) is 60.7 Å². The zero-order valence-electron chi connectivity index (χ0n) is 14.4. The summed E-state index contributed by atoms with van der Waals surface area (Å²) in [4.78, 5) is 27.5. The van der Waals surface area contributed by atoms with E-state index in [0.29, 0.717) is 25.3 Å². The predicted octanol–water partition coefficient (Wildman–Crippen LogP) is 3.18. The summed E-state index contributed by atoms with van der Waals surface area (Å²) in [6.07, 6.45) is 0. The molecule has 0 saturated carbocycles. The van der Waals surface area contributed by atoms with E-state index in [1.54, 1.807) is 6.92 Å². The van der Waals surface area contributed by atoms with Crippen LogP contribution in [0.1, 0.15) is 22.8 Å². The minimum Gasteiger partial charge on any atom is -0.466 e. The van der Waals surface area contributed by atoms with Crippen molar-refractivity contribution in [3.05, 3.63) is 71.8 Å². The molecule has 1 heterocycles. The summed E-state index contributed by atoms with van der Waals surface area (Å²) in [5.74, 6) is -1.01. The molecule has 0 amide bonds. The Kier molecular flexibility index (Phi) is 5.61. The van der Waals surface area contributed by atoms with Gasteiger partial charge >= 0.3 is 5.97 Å². The molecule has 2 aromatic rings. The number of nitrogens with zero attached hydrogens (tertiary/aromatic N) is 1. The summed E-state index contributed by atoms with van der Waals surface area (Å²) >= 11 is 0. The first-order valence-corrected chi connectivity index (χ1v) is 8.71. The molecule has 1 aliphatic rings. The van der Waals surface area contributed by atoms with Crippen molar-refractivity contribution in [3.8, 4) is 0 Å². The number of carbonyl (C=O) groups is 2. The van der Waals surface area contributed by atoms with Gasteiger partial charge in [-0.15, -0.1) is 0 Å². The highest BCUT2D eigenvalue weighted by Crippen LogP contribution is 2.29. The summed E-state index contributed by atoms with van der Waals surface area (Å²) in [5, 5.41) is 0. The molecule has 1 fully saturated rings. The van der Waals surface area contributed by atoms with Gasteiger partial charge in [0.15, 0.2) is 5.78 Å². The van der Waals surface area contributed by atoms with E-state index in [9.17, 15) is 9.59 Å². The number of hydrogen-bond donors (Lipinski definition) is 0. The summed E-state index contributed by atoms with van der Waals surface area (Å²) in [6, 6.07) is 19.3. The van der Waals surface area contributed by atoms with Gasteiger partial charge in [-0.05, 0) is 12.5 Å². The van der Waals surface area contributed by atoms with E-state index in [1.165, 1.54) is 5.56 Å². The van der Waals surface area contributed by atoms with Crippen molar-refractivity contribution in [2.75, 3.05) is 19.7 Å². The Balaban J connectivity index is 1.78. The van der Waals surface area contributed by atoms with Gasteiger partial charge < -0.3 is 4.74 Å². The van der Waals surface area contributed by atoms with Crippen molar-refractivity contribution in [2.24, 2.45) is 11.8 Å². The number of benzene rings is 2. The molecule has 0 aliphatic carbocycles. The summed E-state index contributed by atoms with van der Waals surface area (Å²) in [5.41, 5.74) is 1.83. The number of Topliss-reactive ketones (excluding diaryl/α,β-unsaturated/α-hetero) is 1. The van der Waals surface area contributed by atoms with Gasteiger partial charge in [0.05, 0.1) is 12.5 Å². The normalized spacial score (nSPS) is 20.4. The van der Waals surface area contributed by atoms with Crippen LogP contribution >= 0.6 is 0 Å². The van der Waals surface area contributed by atoms with E-state index in [-0.39, 0.29) is 17.7 Å². The summed E-state index contributed by atoms with van der Waals surface area (Å²) in [7, 11) is 0. The molecule has 130 valence electrons. The van der Waals surface area contributed by atoms with E-state index < -0.39 is 5.92 Å². The minimum absolute atomic E-state index is 0.0224. The van der Waals surface area contributed by atoms with E-state index >= 15 is 0 Å². The second-order valence-electron chi connectivity index (χ2n) is 6.37. The summed E-state index contributed by atoms with van der Waals surface area (Å²) in [6.45, 7) is 3.99. The van der Waals surface area contributed by atoms with Crippen LogP contribution in [0, 0.1) is 11.8 Å². The molecule has 0 bridgehead atoms. The van der Waals surface area contributed by atoms with Gasteiger partial charge in [-0.25, -0.2) is 0 Å². The standard InChI is InChI=1S/C21H23NO3/c1-2-25-21(24)19-15-22(13-16-9-5-3-6-10-16)14-18(19)20(23)17-11-7-4-8-12-17/h3-12,18-19H,2,13-15H2,1H3/t18-,19+/m0/s1. The molecule has 4 heteroatoms. The van der Waals surface area contributed by atoms with Gasteiger partial charge in [-0.2, -0.15) is 0 Å². The van der Waals surface area contributed by atoms with Gasteiger partial charge in [0.25, 0.3) is 0 Å². The van der Waals surface area contributed by atoms with Crippen molar-refractivity contribution in [3.63, 3.8) is 0 Å². The lowest BCUT2D eigenvalue weighted by molar-refractivity contribution is -0.148. The molecule has 3 rings (SSSR count). The fourth-order valence-corrected chi connectivity index (χ4v) is 3.43. The van der Waals surface area contributed by atoms with Crippen LogP contribution in [-0.4, -0.2) is 36.3 Å². The second kappa shape index (κ2) is 8.08. The topological polar surface area (TPSA) is 46.6 Å². The highest BCUT2D eigenvalue weighted by Gasteiger charge is 2.42. The molecule has 2 aromatic carbocycles. The highest BCUT2D eigenvalue weighted by atomic mass is 16.5. The Labute approximate surface area is 148 Å². The van der Waals surface area contributed by atoms with E-state index in [1.807, 2.05) is 48.5 Å². The molecule has 0 aromatic heterocycles. The van der Waals surface area contributed by atoms with Crippen molar-refractivity contribution >= 4 is 11.8 Å². The number of likely N-dealkylation sites (tertiary alicyclic amines) is 1. The first-order chi connectivity index (χ1) is 12.2. The van der Waals surface area contributed by atoms with Gasteiger partial charge in [0.2, 0.25) is 0 Å². The van der Waals surface area contributed by atoms with E-state index in [0.717, 1.165) is 6.54 Å². The number of ether oxygens (including phenoxy) is 1. The maximum Gasteiger partial charge on any atom is 0.311 e. The third-order valence-corrected chi connectivity index (χ3v) is 4.63. The Morgan fingerprint density at radius 3 is 2.20 bits per heavy atom. The summed E-state index contributed by atoms with van der Waals surface area (Å²) < 4.78 is 5.22. The van der Waals surface area contributed by atoms with Gasteiger partial charge in [0.1, 0.15) is 0 Å². The molecule has 25 heavy (non-hydrogen) atoms. The molecule has 0 radical (unpaired) electrons. The Bertz CT molecular complexity index is 714. The Morgan fingerprint density at radius 1 is 0.960 bits per heavy atom. The molecule has 0 unspecified atom stereocenters. The zero-order chi connectivity index (χ0) is 17.6.